The summed E-state index contributed by atoms with van der Waals surface area (Å²) in [7, 11) is 1.64. The number of carbonyl (C=O) groups excluding carboxylic acids is 1. The summed E-state index contributed by atoms with van der Waals surface area (Å²) in [6.45, 7) is 0. The van der Waals surface area contributed by atoms with E-state index in [1.165, 1.54) is 0 Å². The number of carboxylic acids is 1. The lowest BCUT2D eigenvalue weighted by Gasteiger charge is -2.11. The van der Waals surface area contributed by atoms with Crippen LogP contribution in [0, 0.1) is 0 Å². The van der Waals surface area contributed by atoms with Gasteiger partial charge >= 0.3 is 5.97 Å². The van der Waals surface area contributed by atoms with Crippen LogP contribution < -0.4 is 10.6 Å². The van der Waals surface area contributed by atoms with Gasteiger partial charge in [0, 0.05) is 35.3 Å². The molecule has 2 aromatic carbocycles. The van der Waals surface area contributed by atoms with E-state index < -0.39 is 5.97 Å². The molecule has 0 bridgehead atoms. The number of hydrogen-bond acceptors (Lipinski definition) is 5. The Labute approximate surface area is 183 Å². The van der Waals surface area contributed by atoms with E-state index in [1.807, 2.05) is 12.1 Å². The van der Waals surface area contributed by atoms with Gasteiger partial charge in [0.1, 0.15) is 16.8 Å². The van der Waals surface area contributed by atoms with Gasteiger partial charge in [-0.25, -0.2) is 9.97 Å². The molecular weight excluding hydrogens is 427 g/mol. The molecule has 0 atom stereocenters. The first-order chi connectivity index (χ1) is 14.4. The van der Waals surface area contributed by atoms with Gasteiger partial charge in [-0.2, -0.15) is 0 Å². The molecule has 0 aliphatic rings. The summed E-state index contributed by atoms with van der Waals surface area (Å²) in [5.41, 5.74) is 2.40. The Bertz CT molecular complexity index is 1070. The number of aliphatic carboxylic acids is 1. The van der Waals surface area contributed by atoms with Gasteiger partial charge < -0.3 is 15.7 Å². The Morgan fingerprint density at radius 2 is 1.67 bits per heavy atom. The van der Waals surface area contributed by atoms with E-state index in [2.05, 4.69) is 20.6 Å². The predicted octanol–water partition coefficient (Wildman–Crippen LogP) is 4.30. The number of hydrogen-bond donors (Lipinski definition) is 3. The number of halogens is 2. The highest BCUT2D eigenvalue weighted by atomic mass is 35.5. The number of aromatic nitrogens is 2. The Balaban J connectivity index is 1.71. The zero-order valence-corrected chi connectivity index (χ0v) is 17.5. The molecule has 154 valence electrons. The molecule has 1 heterocycles. The summed E-state index contributed by atoms with van der Waals surface area (Å²) in [6, 6.07) is 13.9. The summed E-state index contributed by atoms with van der Waals surface area (Å²) in [4.78, 5) is 31.9. The van der Waals surface area contributed by atoms with Gasteiger partial charge in [-0.05, 0) is 42.0 Å². The van der Waals surface area contributed by atoms with E-state index in [4.69, 9.17) is 28.3 Å². The van der Waals surface area contributed by atoms with E-state index in [-0.39, 0.29) is 17.5 Å². The van der Waals surface area contributed by atoms with Crippen molar-refractivity contribution in [1.82, 2.24) is 9.97 Å². The van der Waals surface area contributed by atoms with Crippen LogP contribution in [0.2, 0.25) is 10.2 Å². The molecule has 30 heavy (non-hydrogen) atoms. The highest BCUT2D eigenvalue weighted by Gasteiger charge is 2.15. The van der Waals surface area contributed by atoms with Crippen molar-refractivity contribution < 1.29 is 14.7 Å². The van der Waals surface area contributed by atoms with Crippen LogP contribution in [0.3, 0.4) is 0 Å². The number of rotatable bonds is 7. The van der Waals surface area contributed by atoms with Crippen LogP contribution in [0.5, 0.6) is 0 Å². The SMILES string of the molecule is CNc1nc(Cc2ccc(NC(=O)c3ccc(Cl)cc3)cc2)nc(Cl)c1CC(=O)O. The van der Waals surface area contributed by atoms with Gasteiger partial charge in [0.05, 0.1) is 6.42 Å². The lowest BCUT2D eigenvalue weighted by atomic mass is 10.1. The summed E-state index contributed by atoms with van der Waals surface area (Å²) in [6.07, 6.45) is 0.129. The molecule has 0 saturated carbocycles. The van der Waals surface area contributed by atoms with Crippen molar-refractivity contribution in [1.29, 1.82) is 0 Å². The van der Waals surface area contributed by atoms with Crippen LogP contribution >= 0.6 is 23.2 Å². The molecule has 3 rings (SSSR count). The molecule has 3 aromatic rings. The molecule has 3 N–H and O–H groups in total. The quantitative estimate of drug-likeness (QED) is 0.469. The molecule has 0 spiro atoms. The molecule has 0 radical (unpaired) electrons. The first kappa shape index (κ1) is 21.5. The third kappa shape index (κ3) is 5.46. The van der Waals surface area contributed by atoms with Gasteiger partial charge in [0.15, 0.2) is 0 Å². The van der Waals surface area contributed by atoms with Crippen molar-refractivity contribution in [2.24, 2.45) is 0 Å². The first-order valence-corrected chi connectivity index (χ1v) is 9.72. The second-order valence-corrected chi connectivity index (χ2v) is 7.21. The van der Waals surface area contributed by atoms with Crippen LogP contribution in [0.4, 0.5) is 11.5 Å². The first-order valence-electron chi connectivity index (χ1n) is 8.96. The number of benzene rings is 2. The fraction of sp³-hybridized carbons (Fsp3) is 0.143. The number of amides is 1. The number of nitrogens with zero attached hydrogens (tertiary/aromatic N) is 2. The molecule has 0 aliphatic carbocycles. The number of carboxylic acid groups (broad SMARTS) is 1. The van der Waals surface area contributed by atoms with Crippen LogP contribution in [0.15, 0.2) is 48.5 Å². The molecule has 9 heteroatoms. The van der Waals surface area contributed by atoms with Gasteiger partial charge in [-0.3, -0.25) is 9.59 Å². The van der Waals surface area contributed by atoms with Gasteiger partial charge in [-0.1, -0.05) is 35.3 Å². The van der Waals surface area contributed by atoms with Crippen LogP contribution in [0.25, 0.3) is 0 Å². The molecule has 0 saturated heterocycles. The Morgan fingerprint density at radius 3 is 2.27 bits per heavy atom. The lowest BCUT2D eigenvalue weighted by molar-refractivity contribution is -0.136. The van der Waals surface area contributed by atoms with Crippen molar-refractivity contribution in [3.63, 3.8) is 0 Å². The molecule has 0 unspecified atom stereocenters. The van der Waals surface area contributed by atoms with Gasteiger partial charge in [0.2, 0.25) is 0 Å². The maximum Gasteiger partial charge on any atom is 0.308 e. The fourth-order valence-corrected chi connectivity index (χ4v) is 3.17. The highest BCUT2D eigenvalue weighted by molar-refractivity contribution is 6.31. The minimum absolute atomic E-state index is 0.110. The van der Waals surface area contributed by atoms with Gasteiger partial charge in [-0.15, -0.1) is 0 Å². The van der Waals surface area contributed by atoms with Crippen LogP contribution in [0.1, 0.15) is 27.3 Å². The monoisotopic (exact) mass is 444 g/mol. The third-order valence-electron chi connectivity index (χ3n) is 4.25. The smallest absolute Gasteiger partial charge is 0.308 e. The van der Waals surface area contributed by atoms with E-state index in [1.54, 1.807) is 43.4 Å². The minimum Gasteiger partial charge on any atom is -0.481 e. The minimum atomic E-state index is -1.01. The average Bonchev–Trinajstić information content (AvgIpc) is 2.71. The van der Waals surface area contributed by atoms with Crippen molar-refractivity contribution in [2.75, 3.05) is 17.7 Å². The Kier molecular flexibility index (Phi) is 6.87. The molecule has 1 aromatic heterocycles. The van der Waals surface area contributed by atoms with Crippen molar-refractivity contribution in [3.8, 4) is 0 Å². The fourth-order valence-electron chi connectivity index (χ4n) is 2.79. The van der Waals surface area contributed by atoms with E-state index in [0.29, 0.717) is 39.9 Å². The lowest BCUT2D eigenvalue weighted by Crippen LogP contribution is -2.12. The Morgan fingerprint density at radius 1 is 1.00 bits per heavy atom. The van der Waals surface area contributed by atoms with E-state index in [0.717, 1.165) is 5.56 Å². The average molecular weight is 445 g/mol. The second kappa shape index (κ2) is 9.56. The van der Waals surface area contributed by atoms with E-state index in [9.17, 15) is 9.59 Å². The second-order valence-electron chi connectivity index (χ2n) is 6.41. The number of carbonyl (C=O) groups is 2. The summed E-state index contributed by atoms with van der Waals surface area (Å²) < 4.78 is 0. The zero-order chi connectivity index (χ0) is 21.7. The zero-order valence-electron chi connectivity index (χ0n) is 15.9. The van der Waals surface area contributed by atoms with Gasteiger partial charge in [0.25, 0.3) is 5.91 Å². The standard InChI is InChI=1S/C21H18Cl2N4O3/c1-24-20-16(11-18(28)29)19(23)26-17(27-20)10-12-2-8-15(9-3-12)25-21(30)13-4-6-14(22)7-5-13/h2-9H,10-11H2,1H3,(H,25,30)(H,28,29)(H,24,26,27). The van der Waals surface area contributed by atoms with Crippen LogP contribution in [-0.4, -0.2) is 34.0 Å². The van der Waals surface area contributed by atoms with E-state index >= 15 is 0 Å². The number of nitrogens with one attached hydrogen (secondary N) is 2. The topological polar surface area (TPSA) is 104 Å². The normalized spacial score (nSPS) is 10.5. The highest BCUT2D eigenvalue weighted by Crippen LogP contribution is 2.23. The Hall–Kier alpha value is -3.16. The summed E-state index contributed by atoms with van der Waals surface area (Å²) >= 11 is 12.0. The third-order valence-corrected chi connectivity index (χ3v) is 4.81. The van der Waals surface area contributed by atoms with Crippen LogP contribution in [-0.2, 0) is 17.6 Å². The predicted molar refractivity (Wildman–Crippen MR) is 117 cm³/mol. The largest absolute Gasteiger partial charge is 0.481 e. The summed E-state index contributed by atoms with van der Waals surface area (Å²) in [5.74, 6) is -0.404. The number of anilines is 2. The maximum atomic E-state index is 12.3. The van der Waals surface area contributed by atoms with Crippen molar-refractivity contribution in [3.05, 3.63) is 81.2 Å². The maximum absolute atomic E-state index is 12.3. The van der Waals surface area contributed by atoms with Crippen molar-refractivity contribution in [2.45, 2.75) is 12.8 Å². The molecule has 7 nitrogen and oxygen atoms in total. The van der Waals surface area contributed by atoms with Crippen molar-refractivity contribution >= 4 is 46.6 Å². The molecule has 0 aliphatic heterocycles. The molecule has 0 fully saturated rings. The summed E-state index contributed by atoms with van der Waals surface area (Å²) in [5, 5.41) is 15.4. The molecule has 1 amide bonds. The molecular formula is C21H18Cl2N4O3.